The van der Waals surface area contributed by atoms with E-state index in [0.29, 0.717) is 13.2 Å². The monoisotopic (exact) mass is 465 g/mol. The van der Waals surface area contributed by atoms with E-state index in [9.17, 15) is 0 Å². The van der Waals surface area contributed by atoms with E-state index < -0.39 is 0 Å². The van der Waals surface area contributed by atoms with Gasteiger partial charge in [-0.2, -0.15) is 11.8 Å². The summed E-state index contributed by atoms with van der Waals surface area (Å²) in [5.74, 6) is 3.80. The Bertz CT molecular complexity index is 529. The van der Waals surface area contributed by atoms with E-state index in [2.05, 4.69) is 33.6 Å². The second kappa shape index (κ2) is 11.7. The predicted molar refractivity (Wildman–Crippen MR) is 113 cm³/mol. The van der Waals surface area contributed by atoms with Gasteiger partial charge >= 0.3 is 0 Å². The summed E-state index contributed by atoms with van der Waals surface area (Å²) in [6.07, 6.45) is 4.54. The van der Waals surface area contributed by atoms with Gasteiger partial charge in [0.05, 0.1) is 0 Å². The number of unbranched alkanes of at least 4 members (excludes halogenated alkanes) is 1. The number of nitrogens with zero attached hydrogens (tertiary/aromatic N) is 2. The van der Waals surface area contributed by atoms with Crippen LogP contribution in [0.15, 0.2) is 23.2 Å². The molecule has 136 valence electrons. The molecule has 0 saturated carbocycles. The maximum absolute atomic E-state index is 5.64. The average molecular weight is 465 g/mol. The molecule has 0 amide bonds. The van der Waals surface area contributed by atoms with Crippen molar-refractivity contribution in [1.82, 2.24) is 10.2 Å². The van der Waals surface area contributed by atoms with Gasteiger partial charge in [0.2, 0.25) is 0 Å². The molecule has 1 aliphatic heterocycles. The molecular formula is C17H28IN3O2S. The lowest BCUT2D eigenvalue weighted by molar-refractivity contribution is 0.171. The summed E-state index contributed by atoms with van der Waals surface area (Å²) < 4.78 is 11.2. The van der Waals surface area contributed by atoms with Crippen LogP contribution in [0.2, 0.25) is 0 Å². The van der Waals surface area contributed by atoms with Crippen LogP contribution >= 0.6 is 35.7 Å². The van der Waals surface area contributed by atoms with E-state index in [-0.39, 0.29) is 24.0 Å². The second-order valence-electron chi connectivity index (χ2n) is 5.51. The second-order valence-corrected chi connectivity index (χ2v) is 6.49. The van der Waals surface area contributed by atoms with Gasteiger partial charge in [0.15, 0.2) is 17.5 Å². The van der Waals surface area contributed by atoms with Crippen LogP contribution in [0.3, 0.4) is 0 Å². The molecular weight excluding hydrogens is 437 g/mol. The normalized spacial score (nSPS) is 13.2. The highest BCUT2D eigenvalue weighted by Gasteiger charge is 2.13. The molecule has 2 rings (SSSR count). The maximum atomic E-state index is 5.64. The summed E-state index contributed by atoms with van der Waals surface area (Å²) in [6, 6.07) is 6.11. The van der Waals surface area contributed by atoms with Crippen LogP contribution < -0.4 is 14.8 Å². The lowest BCUT2D eigenvalue weighted by atomic mass is 10.2. The van der Waals surface area contributed by atoms with Gasteiger partial charge in [-0.1, -0.05) is 6.07 Å². The first kappa shape index (κ1) is 21.2. The molecule has 0 aliphatic carbocycles. The third-order valence-corrected chi connectivity index (χ3v) is 4.35. The number of hydrogen-bond acceptors (Lipinski definition) is 4. The third kappa shape index (κ3) is 6.58. The minimum absolute atomic E-state index is 0. The van der Waals surface area contributed by atoms with Crippen LogP contribution in [0.5, 0.6) is 11.5 Å². The Morgan fingerprint density at radius 2 is 2.00 bits per heavy atom. The van der Waals surface area contributed by atoms with Gasteiger partial charge in [0.1, 0.15) is 13.2 Å². The molecule has 0 aromatic heterocycles. The minimum Gasteiger partial charge on any atom is -0.486 e. The first-order valence-corrected chi connectivity index (χ1v) is 9.43. The summed E-state index contributed by atoms with van der Waals surface area (Å²) in [4.78, 5) is 6.48. The first-order valence-electron chi connectivity index (χ1n) is 8.04. The number of benzene rings is 1. The van der Waals surface area contributed by atoms with E-state index in [0.717, 1.165) is 37.0 Å². The Morgan fingerprint density at radius 3 is 2.71 bits per heavy atom. The quantitative estimate of drug-likeness (QED) is 0.290. The van der Waals surface area contributed by atoms with E-state index >= 15 is 0 Å². The van der Waals surface area contributed by atoms with Crippen LogP contribution in [0.25, 0.3) is 0 Å². The largest absolute Gasteiger partial charge is 0.486 e. The summed E-state index contributed by atoms with van der Waals surface area (Å²) >= 11 is 1.89. The zero-order valence-corrected chi connectivity index (χ0v) is 17.9. The fourth-order valence-electron chi connectivity index (χ4n) is 2.49. The van der Waals surface area contributed by atoms with E-state index in [1.165, 1.54) is 17.7 Å². The van der Waals surface area contributed by atoms with Crippen molar-refractivity contribution in [2.24, 2.45) is 4.99 Å². The molecule has 5 nitrogen and oxygen atoms in total. The molecule has 1 aliphatic rings. The van der Waals surface area contributed by atoms with E-state index in [1.54, 1.807) is 0 Å². The van der Waals surface area contributed by atoms with Crippen LogP contribution in [0.1, 0.15) is 18.4 Å². The Kier molecular flexibility index (Phi) is 10.3. The van der Waals surface area contributed by atoms with E-state index in [4.69, 9.17) is 9.47 Å². The standard InChI is InChI=1S/C17H27N3O2S.HI/c1-18-17(19-8-4-5-11-23-3)20(2)13-14-6-7-15-16(12-14)22-10-9-21-15;/h6-7,12H,4-5,8-11,13H2,1-3H3,(H,18,19);1H. The summed E-state index contributed by atoms with van der Waals surface area (Å²) in [5, 5.41) is 3.42. The molecule has 0 unspecified atom stereocenters. The number of fused-ring (bicyclic) bond motifs is 1. The number of thioether (sulfide) groups is 1. The highest BCUT2D eigenvalue weighted by molar-refractivity contribution is 14.0. The SMILES string of the molecule is CN=C(NCCCCSC)N(C)Cc1ccc2c(c1)OCCO2.I. The van der Waals surface area contributed by atoms with Crippen LogP contribution in [0, 0.1) is 0 Å². The number of rotatable bonds is 7. The van der Waals surface area contributed by atoms with E-state index in [1.807, 2.05) is 31.9 Å². The number of nitrogens with one attached hydrogen (secondary N) is 1. The highest BCUT2D eigenvalue weighted by atomic mass is 127. The first-order chi connectivity index (χ1) is 11.2. The summed E-state index contributed by atoms with van der Waals surface area (Å²) in [6.45, 7) is 2.98. The molecule has 0 fully saturated rings. The molecule has 0 radical (unpaired) electrons. The molecule has 24 heavy (non-hydrogen) atoms. The van der Waals surface area contributed by atoms with Crippen molar-refractivity contribution in [2.75, 3.05) is 45.9 Å². The van der Waals surface area contributed by atoms with Crippen molar-refractivity contribution in [3.63, 3.8) is 0 Å². The van der Waals surface area contributed by atoms with Crippen LogP contribution in [-0.2, 0) is 6.54 Å². The fraction of sp³-hybridized carbons (Fsp3) is 0.588. The van der Waals surface area contributed by atoms with Crippen molar-refractivity contribution in [3.8, 4) is 11.5 Å². The molecule has 0 bridgehead atoms. The van der Waals surface area contributed by atoms with Gasteiger partial charge in [-0.05, 0) is 42.5 Å². The van der Waals surface area contributed by atoms with Crippen molar-refractivity contribution >= 4 is 41.7 Å². The summed E-state index contributed by atoms with van der Waals surface area (Å²) in [5.41, 5.74) is 1.18. The molecule has 1 aromatic rings. The Hall–Kier alpha value is -0.830. The van der Waals surface area contributed by atoms with Crippen LogP contribution in [0.4, 0.5) is 0 Å². The molecule has 0 spiro atoms. The average Bonchev–Trinajstić information content (AvgIpc) is 2.58. The van der Waals surface area contributed by atoms with Crippen LogP contribution in [-0.4, -0.2) is 56.7 Å². The van der Waals surface area contributed by atoms with Gasteiger partial charge in [0, 0.05) is 27.2 Å². The van der Waals surface area contributed by atoms with Crippen molar-refractivity contribution in [2.45, 2.75) is 19.4 Å². The van der Waals surface area contributed by atoms with Crippen molar-refractivity contribution < 1.29 is 9.47 Å². The molecule has 1 heterocycles. The lowest BCUT2D eigenvalue weighted by Gasteiger charge is -2.23. The van der Waals surface area contributed by atoms with Gasteiger partial charge in [0.25, 0.3) is 0 Å². The van der Waals surface area contributed by atoms with Gasteiger partial charge < -0.3 is 19.7 Å². The number of ether oxygens (including phenoxy) is 2. The number of halogens is 1. The maximum Gasteiger partial charge on any atom is 0.193 e. The minimum atomic E-state index is 0. The number of hydrogen-bond donors (Lipinski definition) is 1. The predicted octanol–water partition coefficient (Wildman–Crippen LogP) is 3.23. The highest BCUT2D eigenvalue weighted by Crippen LogP contribution is 2.30. The fourth-order valence-corrected chi connectivity index (χ4v) is 2.98. The Morgan fingerprint density at radius 1 is 1.25 bits per heavy atom. The molecule has 1 N–H and O–H groups in total. The molecule has 0 atom stereocenters. The molecule has 1 aromatic carbocycles. The smallest absolute Gasteiger partial charge is 0.193 e. The summed E-state index contributed by atoms with van der Waals surface area (Å²) in [7, 11) is 3.87. The molecule has 0 saturated heterocycles. The lowest BCUT2D eigenvalue weighted by Crippen LogP contribution is -2.38. The number of guanidine groups is 1. The zero-order chi connectivity index (χ0) is 16.5. The zero-order valence-electron chi connectivity index (χ0n) is 14.7. The van der Waals surface area contributed by atoms with Crippen molar-refractivity contribution in [3.05, 3.63) is 23.8 Å². The number of aliphatic imine (C=N–C) groups is 1. The van der Waals surface area contributed by atoms with Gasteiger partial charge in [-0.15, -0.1) is 24.0 Å². The third-order valence-electron chi connectivity index (χ3n) is 3.66. The Balaban J connectivity index is 0.00000288. The van der Waals surface area contributed by atoms with Gasteiger partial charge in [-0.25, -0.2) is 0 Å². The Labute approximate surface area is 166 Å². The topological polar surface area (TPSA) is 46.1 Å². The molecule has 7 heteroatoms. The van der Waals surface area contributed by atoms with Gasteiger partial charge in [-0.3, -0.25) is 4.99 Å². The van der Waals surface area contributed by atoms with Crippen molar-refractivity contribution in [1.29, 1.82) is 0 Å².